The number of rotatable bonds is 3. The number of anilines is 2. The fraction of sp³-hybridized carbons (Fsp3) is 0.500. The summed E-state index contributed by atoms with van der Waals surface area (Å²) in [6.45, 7) is 10.5. The van der Waals surface area contributed by atoms with Crippen LogP contribution in [0.25, 0.3) is 5.78 Å². The second-order valence-corrected chi connectivity index (χ2v) is 8.07. The molecule has 0 atom stereocenters. The monoisotopic (exact) mass is 376 g/mol. The van der Waals surface area contributed by atoms with Gasteiger partial charge in [0.05, 0.1) is 5.69 Å². The van der Waals surface area contributed by atoms with Crippen LogP contribution in [0.5, 0.6) is 0 Å². The molecule has 146 valence electrons. The predicted octanol–water partition coefficient (Wildman–Crippen LogP) is 3.12. The molecule has 3 heterocycles. The van der Waals surface area contributed by atoms with Crippen molar-refractivity contribution >= 4 is 17.3 Å². The van der Waals surface area contributed by atoms with E-state index in [1.807, 2.05) is 4.52 Å². The molecule has 2 aliphatic rings. The highest BCUT2D eigenvalue weighted by molar-refractivity contribution is 5.59. The average Bonchev–Trinajstić information content (AvgIpc) is 3.32. The van der Waals surface area contributed by atoms with E-state index < -0.39 is 0 Å². The van der Waals surface area contributed by atoms with Gasteiger partial charge < -0.3 is 9.80 Å². The van der Waals surface area contributed by atoms with Crippen LogP contribution >= 0.6 is 0 Å². The van der Waals surface area contributed by atoms with Crippen molar-refractivity contribution in [3.05, 3.63) is 46.4 Å². The van der Waals surface area contributed by atoms with Crippen molar-refractivity contribution in [3.63, 3.8) is 0 Å². The van der Waals surface area contributed by atoms with Crippen LogP contribution in [0, 0.1) is 13.8 Å². The molecule has 2 aromatic heterocycles. The van der Waals surface area contributed by atoms with Gasteiger partial charge in [0.25, 0.3) is 5.78 Å². The number of benzene rings is 1. The Bertz CT molecular complexity index is 1030. The first-order valence-electron chi connectivity index (χ1n) is 10.5. The Balaban J connectivity index is 1.46. The Labute approximate surface area is 166 Å². The molecular weight excluding hydrogens is 348 g/mol. The maximum Gasteiger partial charge on any atom is 0.254 e. The summed E-state index contributed by atoms with van der Waals surface area (Å²) in [5.41, 5.74) is 6.68. The molecule has 1 saturated heterocycles. The van der Waals surface area contributed by atoms with E-state index in [0.29, 0.717) is 0 Å². The summed E-state index contributed by atoms with van der Waals surface area (Å²) in [5, 5.41) is 4.77. The van der Waals surface area contributed by atoms with Crippen LogP contribution in [-0.2, 0) is 19.3 Å². The van der Waals surface area contributed by atoms with Gasteiger partial charge in [-0.25, -0.2) is 4.98 Å². The van der Waals surface area contributed by atoms with Gasteiger partial charge in [-0.3, -0.25) is 0 Å². The second kappa shape index (κ2) is 6.76. The van der Waals surface area contributed by atoms with E-state index in [0.717, 1.165) is 57.0 Å². The largest absolute Gasteiger partial charge is 0.368 e. The number of aryl methyl sites for hydroxylation is 4. The first-order valence-corrected chi connectivity index (χ1v) is 10.5. The van der Waals surface area contributed by atoms with Gasteiger partial charge in [0.2, 0.25) is 0 Å². The number of piperazine rings is 1. The van der Waals surface area contributed by atoms with Crippen LogP contribution in [0.1, 0.15) is 41.6 Å². The third kappa shape index (κ3) is 2.82. The minimum atomic E-state index is 0.768. The highest BCUT2D eigenvalue weighted by Gasteiger charge is 2.28. The van der Waals surface area contributed by atoms with E-state index in [2.05, 4.69) is 53.8 Å². The number of nitrogens with zero attached hydrogens (tertiary/aromatic N) is 6. The molecule has 0 N–H and O–H groups in total. The Morgan fingerprint density at radius 2 is 1.75 bits per heavy atom. The highest BCUT2D eigenvalue weighted by Crippen LogP contribution is 2.32. The third-order valence-electron chi connectivity index (χ3n) is 6.12. The standard InChI is InChI=1S/C22H28N6/c1-4-20-24-22-23-18-7-5-6-17(18)21(28(22)25-20)27-12-10-26(11-13-27)19-9-8-15(2)14-16(19)3/h8-9,14H,4-7,10-13H2,1-3H3. The van der Waals surface area contributed by atoms with E-state index in [1.54, 1.807) is 0 Å². The molecule has 6 heteroatoms. The van der Waals surface area contributed by atoms with Crippen molar-refractivity contribution in [2.45, 2.75) is 46.5 Å². The van der Waals surface area contributed by atoms with Crippen LogP contribution < -0.4 is 9.80 Å². The van der Waals surface area contributed by atoms with E-state index in [-0.39, 0.29) is 0 Å². The molecule has 5 rings (SSSR count). The van der Waals surface area contributed by atoms with Crippen molar-refractivity contribution in [2.75, 3.05) is 36.0 Å². The number of hydrogen-bond donors (Lipinski definition) is 0. The normalized spacial score (nSPS) is 16.8. The van der Waals surface area contributed by atoms with Crippen LogP contribution in [0.2, 0.25) is 0 Å². The maximum atomic E-state index is 4.81. The van der Waals surface area contributed by atoms with Gasteiger partial charge >= 0.3 is 0 Å². The second-order valence-electron chi connectivity index (χ2n) is 8.07. The Kier molecular flexibility index (Phi) is 4.22. The number of hydrogen-bond acceptors (Lipinski definition) is 5. The smallest absolute Gasteiger partial charge is 0.254 e. The van der Waals surface area contributed by atoms with E-state index in [9.17, 15) is 0 Å². The van der Waals surface area contributed by atoms with Gasteiger partial charge in [0, 0.05) is 43.9 Å². The number of fused-ring (bicyclic) bond motifs is 2. The molecule has 0 amide bonds. The molecule has 1 aromatic carbocycles. The van der Waals surface area contributed by atoms with Gasteiger partial charge in [-0.05, 0) is 44.7 Å². The molecule has 6 nitrogen and oxygen atoms in total. The molecule has 0 spiro atoms. The lowest BCUT2D eigenvalue weighted by Crippen LogP contribution is -2.47. The van der Waals surface area contributed by atoms with Crippen molar-refractivity contribution < 1.29 is 0 Å². The Morgan fingerprint density at radius 1 is 0.964 bits per heavy atom. The lowest BCUT2D eigenvalue weighted by Gasteiger charge is -2.38. The van der Waals surface area contributed by atoms with Crippen LogP contribution in [0.3, 0.4) is 0 Å². The minimum absolute atomic E-state index is 0.768. The van der Waals surface area contributed by atoms with Crippen molar-refractivity contribution in [1.82, 2.24) is 19.6 Å². The molecule has 1 aliphatic carbocycles. The van der Waals surface area contributed by atoms with Crippen molar-refractivity contribution in [3.8, 4) is 0 Å². The topological polar surface area (TPSA) is 49.6 Å². The summed E-state index contributed by atoms with van der Waals surface area (Å²) in [6.07, 6.45) is 4.20. The lowest BCUT2D eigenvalue weighted by atomic mass is 10.1. The van der Waals surface area contributed by atoms with Gasteiger partial charge in [0.1, 0.15) is 5.82 Å². The first-order chi connectivity index (χ1) is 13.6. The fourth-order valence-electron chi connectivity index (χ4n) is 4.69. The zero-order chi connectivity index (χ0) is 19.3. The minimum Gasteiger partial charge on any atom is -0.368 e. The highest BCUT2D eigenvalue weighted by atomic mass is 15.4. The fourth-order valence-corrected chi connectivity index (χ4v) is 4.69. The molecule has 0 radical (unpaired) electrons. The van der Waals surface area contributed by atoms with Crippen molar-refractivity contribution in [2.24, 2.45) is 0 Å². The molecular formula is C22H28N6. The van der Waals surface area contributed by atoms with Crippen LogP contribution in [0.4, 0.5) is 11.5 Å². The summed E-state index contributed by atoms with van der Waals surface area (Å²) in [4.78, 5) is 14.5. The molecule has 1 aliphatic heterocycles. The average molecular weight is 377 g/mol. The predicted molar refractivity (Wildman–Crippen MR) is 113 cm³/mol. The summed E-state index contributed by atoms with van der Waals surface area (Å²) in [5.74, 6) is 2.89. The van der Waals surface area contributed by atoms with Gasteiger partial charge in [-0.2, -0.15) is 9.50 Å². The zero-order valence-corrected chi connectivity index (χ0v) is 17.1. The van der Waals surface area contributed by atoms with Crippen LogP contribution in [0.15, 0.2) is 18.2 Å². The summed E-state index contributed by atoms with van der Waals surface area (Å²) in [6, 6.07) is 6.77. The molecule has 0 bridgehead atoms. The Morgan fingerprint density at radius 3 is 2.50 bits per heavy atom. The van der Waals surface area contributed by atoms with E-state index >= 15 is 0 Å². The zero-order valence-electron chi connectivity index (χ0n) is 17.1. The van der Waals surface area contributed by atoms with Gasteiger partial charge in [0.15, 0.2) is 5.82 Å². The molecule has 0 saturated carbocycles. The van der Waals surface area contributed by atoms with Crippen molar-refractivity contribution in [1.29, 1.82) is 0 Å². The molecule has 28 heavy (non-hydrogen) atoms. The van der Waals surface area contributed by atoms with Gasteiger partial charge in [-0.1, -0.05) is 24.6 Å². The maximum absolute atomic E-state index is 4.81. The molecule has 3 aromatic rings. The van der Waals surface area contributed by atoms with Gasteiger partial charge in [-0.15, -0.1) is 5.10 Å². The first kappa shape index (κ1) is 17.5. The Hall–Kier alpha value is -2.63. The molecule has 1 fully saturated rings. The number of aromatic nitrogens is 4. The summed E-state index contributed by atoms with van der Waals surface area (Å²) < 4.78 is 2.01. The van der Waals surface area contributed by atoms with Crippen LogP contribution in [-0.4, -0.2) is 45.8 Å². The lowest BCUT2D eigenvalue weighted by molar-refractivity contribution is 0.634. The summed E-state index contributed by atoms with van der Waals surface area (Å²) >= 11 is 0. The van der Waals surface area contributed by atoms with E-state index in [4.69, 9.17) is 10.1 Å². The van der Waals surface area contributed by atoms with E-state index in [1.165, 1.54) is 40.3 Å². The SMILES string of the molecule is CCc1nc2nc3c(c(N4CCN(c5ccc(C)cc5C)CC4)n2n1)CCC3. The quantitative estimate of drug-likeness (QED) is 0.703. The third-order valence-corrected chi connectivity index (χ3v) is 6.12. The molecule has 0 unspecified atom stereocenters. The summed E-state index contributed by atoms with van der Waals surface area (Å²) in [7, 11) is 0.